The summed E-state index contributed by atoms with van der Waals surface area (Å²) in [4.78, 5) is 12.3. The number of rotatable bonds is 6. The van der Waals surface area contributed by atoms with Crippen molar-refractivity contribution in [2.75, 3.05) is 6.61 Å². The third-order valence-electron chi connectivity index (χ3n) is 3.66. The van der Waals surface area contributed by atoms with Crippen LogP contribution in [0.15, 0.2) is 0 Å². The topological polar surface area (TPSA) is 26.3 Å². The Morgan fingerprint density at radius 3 is 2.22 bits per heavy atom. The molecule has 1 aliphatic carbocycles. The molecule has 2 heteroatoms. The first-order chi connectivity index (χ1) is 8.30. The molecule has 1 rings (SSSR count). The summed E-state index contributed by atoms with van der Waals surface area (Å²) >= 11 is 0. The summed E-state index contributed by atoms with van der Waals surface area (Å²) in [6, 6.07) is 0. The SMILES string of the molecule is CC(C)CC(=O)C(OCC1CCCC1)C(C)(C)C. The monoisotopic (exact) mass is 254 g/mol. The minimum Gasteiger partial charge on any atom is -0.370 e. The van der Waals surface area contributed by atoms with Gasteiger partial charge in [0, 0.05) is 6.42 Å². The highest BCUT2D eigenvalue weighted by molar-refractivity contribution is 5.84. The highest BCUT2D eigenvalue weighted by Crippen LogP contribution is 2.29. The van der Waals surface area contributed by atoms with Gasteiger partial charge in [0.25, 0.3) is 0 Å². The van der Waals surface area contributed by atoms with Crippen LogP contribution in [0.3, 0.4) is 0 Å². The molecule has 0 bridgehead atoms. The second-order valence-corrected chi connectivity index (χ2v) is 7.29. The van der Waals surface area contributed by atoms with Crippen LogP contribution < -0.4 is 0 Å². The molecule has 0 spiro atoms. The lowest BCUT2D eigenvalue weighted by atomic mass is 9.84. The fraction of sp³-hybridized carbons (Fsp3) is 0.938. The van der Waals surface area contributed by atoms with Gasteiger partial charge >= 0.3 is 0 Å². The summed E-state index contributed by atoms with van der Waals surface area (Å²) in [5.41, 5.74) is -0.0927. The van der Waals surface area contributed by atoms with Gasteiger partial charge in [-0.2, -0.15) is 0 Å². The first-order valence-electron chi connectivity index (χ1n) is 7.45. The van der Waals surface area contributed by atoms with Gasteiger partial charge in [0.1, 0.15) is 6.10 Å². The van der Waals surface area contributed by atoms with Crippen molar-refractivity contribution in [3.05, 3.63) is 0 Å². The van der Waals surface area contributed by atoms with E-state index in [0.29, 0.717) is 18.3 Å². The van der Waals surface area contributed by atoms with Crippen molar-refractivity contribution in [3.8, 4) is 0 Å². The van der Waals surface area contributed by atoms with Crippen LogP contribution in [0.5, 0.6) is 0 Å². The molecular formula is C16H30O2. The van der Waals surface area contributed by atoms with Gasteiger partial charge in [0.15, 0.2) is 5.78 Å². The first-order valence-corrected chi connectivity index (χ1v) is 7.45. The fourth-order valence-corrected chi connectivity index (χ4v) is 2.74. The van der Waals surface area contributed by atoms with Crippen LogP contribution in [0.1, 0.15) is 66.7 Å². The molecule has 0 amide bonds. The lowest BCUT2D eigenvalue weighted by Crippen LogP contribution is -2.38. The summed E-state index contributed by atoms with van der Waals surface area (Å²) < 4.78 is 6.00. The minimum atomic E-state index is -0.236. The molecule has 0 aliphatic heterocycles. The summed E-state index contributed by atoms with van der Waals surface area (Å²) in [5.74, 6) is 1.37. The molecule has 18 heavy (non-hydrogen) atoms. The van der Waals surface area contributed by atoms with Gasteiger partial charge in [-0.05, 0) is 30.1 Å². The van der Waals surface area contributed by atoms with Crippen LogP contribution >= 0.6 is 0 Å². The normalized spacial score (nSPS) is 19.4. The van der Waals surface area contributed by atoms with Crippen LogP contribution in [0, 0.1) is 17.3 Å². The van der Waals surface area contributed by atoms with Crippen molar-refractivity contribution in [3.63, 3.8) is 0 Å². The van der Waals surface area contributed by atoms with Crippen molar-refractivity contribution >= 4 is 5.78 Å². The molecule has 0 aromatic carbocycles. The Labute approximate surface area is 112 Å². The standard InChI is InChI=1S/C16H30O2/c1-12(2)10-14(17)15(16(3,4)5)18-11-13-8-6-7-9-13/h12-13,15H,6-11H2,1-5H3. The van der Waals surface area contributed by atoms with Crippen molar-refractivity contribution < 1.29 is 9.53 Å². The lowest BCUT2D eigenvalue weighted by Gasteiger charge is -2.31. The highest BCUT2D eigenvalue weighted by Gasteiger charge is 2.33. The molecule has 1 unspecified atom stereocenters. The summed E-state index contributed by atoms with van der Waals surface area (Å²) in [6.07, 6.45) is 5.60. The van der Waals surface area contributed by atoms with Crippen molar-refractivity contribution in [2.45, 2.75) is 72.8 Å². The number of hydrogen-bond acceptors (Lipinski definition) is 2. The van der Waals surface area contributed by atoms with Crippen LogP contribution in [-0.4, -0.2) is 18.5 Å². The minimum absolute atomic E-state index is 0.0927. The smallest absolute Gasteiger partial charge is 0.162 e. The van der Waals surface area contributed by atoms with Crippen molar-refractivity contribution in [2.24, 2.45) is 17.3 Å². The Kier molecular flexibility index (Phi) is 5.84. The van der Waals surface area contributed by atoms with E-state index in [9.17, 15) is 4.79 Å². The van der Waals surface area contributed by atoms with E-state index >= 15 is 0 Å². The number of carbonyl (C=O) groups is 1. The van der Waals surface area contributed by atoms with Crippen LogP contribution in [-0.2, 0) is 9.53 Å². The first kappa shape index (κ1) is 15.7. The van der Waals surface area contributed by atoms with Crippen molar-refractivity contribution in [1.29, 1.82) is 0 Å². The molecule has 1 saturated carbocycles. The quantitative estimate of drug-likeness (QED) is 0.709. The van der Waals surface area contributed by atoms with Gasteiger partial charge < -0.3 is 4.74 Å². The predicted molar refractivity (Wildman–Crippen MR) is 75.6 cm³/mol. The van der Waals surface area contributed by atoms with Gasteiger partial charge in [-0.1, -0.05) is 47.5 Å². The molecule has 1 atom stereocenters. The Bertz CT molecular complexity index is 257. The van der Waals surface area contributed by atoms with E-state index in [0.717, 1.165) is 6.61 Å². The predicted octanol–water partition coefficient (Wildman–Crippen LogP) is 4.22. The molecule has 1 fully saturated rings. The van der Waals surface area contributed by atoms with Crippen molar-refractivity contribution in [1.82, 2.24) is 0 Å². The second kappa shape index (κ2) is 6.70. The molecular weight excluding hydrogens is 224 g/mol. The maximum Gasteiger partial charge on any atom is 0.162 e. The zero-order chi connectivity index (χ0) is 13.8. The second-order valence-electron chi connectivity index (χ2n) is 7.29. The Balaban J connectivity index is 2.52. The number of ether oxygens (including phenoxy) is 1. The van der Waals surface area contributed by atoms with E-state index in [2.05, 4.69) is 34.6 Å². The maximum absolute atomic E-state index is 12.3. The Morgan fingerprint density at radius 1 is 1.22 bits per heavy atom. The van der Waals surface area contributed by atoms with E-state index < -0.39 is 0 Å². The third kappa shape index (κ3) is 5.09. The van der Waals surface area contributed by atoms with E-state index in [1.54, 1.807) is 0 Å². The number of ketones is 1. The van der Waals surface area contributed by atoms with Crippen LogP contribution in [0.4, 0.5) is 0 Å². The van der Waals surface area contributed by atoms with E-state index in [1.165, 1.54) is 25.7 Å². The van der Waals surface area contributed by atoms with E-state index in [-0.39, 0.29) is 17.3 Å². The lowest BCUT2D eigenvalue weighted by molar-refractivity contribution is -0.139. The van der Waals surface area contributed by atoms with Gasteiger partial charge in [0.05, 0.1) is 6.61 Å². The van der Waals surface area contributed by atoms with Crippen LogP contribution in [0.25, 0.3) is 0 Å². The molecule has 0 heterocycles. The molecule has 0 saturated heterocycles. The number of Topliss-reactive ketones (excluding diaryl/α,β-unsaturated/α-hetero) is 1. The van der Waals surface area contributed by atoms with Gasteiger partial charge in [-0.15, -0.1) is 0 Å². The van der Waals surface area contributed by atoms with Gasteiger partial charge in [-0.3, -0.25) is 4.79 Å². The van der Waals surface area contributed by atoms with Gasteiger partial charge in [-0.25, -0.2) is 0 Å². The summed E-state index contributed by atoms with van der Waals surface area (Å²) in [6.45, 7) is 11.3. The van der Waals surface area contributed by atoms with E-state index in [1.807, 2.05) is 0 Å². The highest BCUT2D eigenvalue weighted by atomic mass is 16.5. The molecule has 1 aliphatic rings. The largest absolute Gasteiger partial charge is 0.370 e. The average molecular weight is 254 g/mol. The molecule has 0 aromatic heterocycles. The third-order valence-corrected chi connectivity index (χ3v) is 3.66. The maximum atomic E-state index is 12.3. The molecule has 0 aromatic rings. The Morgan fingerprint density at radius 2 is 1.78 bits per heavy atom. The fourth-order valence-electron chi connectivity index (χ4n) is 2.74. The summed E-state index contributed by atoms with van der Waals surface area (Å²) in [5, 5.41) is 0. The van der Waals surface area contributed by atoms with E-state index in [4.69, 9.17) is 4.74 Å². The molecule has 0 N–H and O–H groups in total. The number of carbonyl (C=O) groups excluding carboxylic acids is 1. The summed E-state index contributed by atoms with van der Waals surface area (Å²) in [7, 11) is 0. The Hall–Kier alpha value is -0.370. The molecule has 2 nitrogen and oxygen atoms in total. The number of hydrogen-bond donors (Lipinski definition) is 0. The molecule has 0 radical (unpaired) electrons. The van der Waals surface area contributed by atoms with Gasteiger partial charge in [0.2, 0.25) is 0 Å². The molecule has 106 valence electrons. The average Bonchev–Trinajstić information content (AvgIpc) is 2.67. The zero-order valence-corrected chi connectivity index (χ0v) is 12.8. The van der Waals surface area contributed by atoms with Crippen LogP contribution in [0.2, 0.25) is 0 Å². The zero-order valence-electron chi connectivity index (χ0n) is 12.8.